The summed E-state index contributed by atoms with van der Waals surface area (Å²) in [6.45, 7) is 3.89. The minimum Gasteiger partial charge on any atom is -0.356 e. The summed E-state index contributed by atoms with van der Waals surface area (Å²) in [6, 6.07) is 4.30. The molecule has 0 spiro atoms. The number of piperidine rings is 1. The zero-order valence-corrected chi connectivity index (χ0v) is 12.6. The van der Waals surface area contributed by atoms with Crippen LogP contribution in [0.1, 0.15) is 57.4 Å². The first-order valence-corrected chi connectivity index (χ1v) is 8.01. The number of hydrogen-bond donors (Lipinski definition) is 0. The molecule has 3 heteroatoms. The van der Waals surface area contributed by atoms with Gasteiger partial charge in [-0.2, -0.15) is 0 Å². The average Bonchev–Trinajstić information content (AvgIpc) is 2.49. The van der Waals surface area contributed by atoms with E-state index in [-0.39, 0.29) is 0 Å². The molecule has 0 saturated carbocycles. The van der Waals surface area contributed by atoms with Crippen molar-refractivity contribution in [2.45, 2.75) is 58.3 Å². The second kappa shape index (κ2) is 8.03. The Kier molecular flexibility index (Phi) is 6.03. The Morgan fingerprint density at radius 3 is 2.50 bits per heavy atom. The lowest BCUT2D eigenvalue weighted by Crippen LogP contribution is -2.34. The molecule has 0 amide bonds. The van der Waals surface area contributed by atoms with E-state index >= 15 is 0 Å². The highest BCUT2D eigenvalue weighted by molar-refractivity contribution is 5.80. The van der Waals surface area contributed by atoms with E-state index in [1.54, 1.807) is 0 Å². The summed E-state index contributed by atoms with van der Waals surface area (Å²) < 4.78 is 0. The fourth-order valence-corrected chi connectivity index (χ4v) is 2.67. The zero-order chi connectivity index (χ0) is 14.2. The number of aromatic nitrogens is 1. The predicted octanol–water partition coefficient (Wildman–Crippen LogP) is 3.76. The summed E-state index contributed by atoms with van der Waals surface area (Å²) in [5.41, 5.74) is 1.33. The smallest absolute Gasteiger partial charge is 0.136 e. The first-order chi connectivity index (χ1) is 9.79. The van der Waals surface area contributed by atoms with Gasteiger partial charge in [0.15, 0.2) is 0 Å². The van der Waals surface area contributed by atoms with Gasteiger partial charge in [-0.15, -0.1) is 0 Å². The van der Waals surface area contributed by atoms with Crippen LogP contribution in [0.4, 0.5) is 5.82 Å². The van der Waals surface area contributed by atoms with E-state index in [1.165, 1.54) is 37.7 Å². The SMILES string of the molecule is CCCCCCCc1ccc(N2CCC(=O)CC2)nc1. The second-order valence-electron chi connectivity index (χ2n) is 5.71. The number of carbonyl (C=O) groups excluding carboxylic acids is 1. The summed E-state index contributed by atoms with van der Waals surface area (Å²) in [5.74, 6) is 1.40. The Bertz CT molecular complexity index is 404. The number of aryl methyl sites for hydroxylation is 1. The second-order valence-corrected chi connectivity index (χ2v) is 5.71. The van der Waals surface area contributed by atoms with Crippen molar-refractivity contribution in [3.8, 4) is 0 Å². The van der Waals surface area contributed by atoms with Crippen molar-refractivity contribution in [3.05, 3.63) is 23.9 Å². The normalized spacial score (nSPS) is 15.7. The molecule has 0 unspecified atom stereocenters. The molecular weight excluding hydrogens is 248 g/mol. The molecule has 0 bridgehead atoms. The van der Waals surface area contributed by atoms with Crippen LogP contribution in [-0.4, -0.2) is 23.9 Å². The molecule has 1 aromatic heterocycles. The maximum absolute atomic E-state index is 11.2. The molecule has 3 nitrogen and oxygen atoms in total. The van der Waals surface area contributed by atoms with Gasteiger partial charge in [0.05, 0.1) is 0 Å². The number of nitrogens with zero attached hydrogens (tertiary/aromatic N) is 2. The molecule has 0 aliphatic carbocycles. The van der Waals surface area contributed by atoms with Gasteiger partial charge in [0.2, 0.25) is 0 Å². The van der Waals surface area contributed by atoms with Crippen LogP contribution in [-0.2, 0) is 11.2 Å². The molecule has 20 heavy (non-hydrogen) atoms. The van der Waals surface area contributed by atoms with Gasteiger partial charge in [0.25, 0.3) is 0 Å². The maximum atomic E-state index is 11.2. The van der Waals surface area contributed by atoms with Crippen LogP contribution in [0, 0.1) is 0 Å². The van der Waals surface area contributed by atoms with Crippen LogP contribution in [0.15, 0.2) is 18.3 Å². The molecule has 0 N–H and O–H groups in total. The van der Waals surface area contributed by atoms with E-state index in [0.29, 0.717) is 18.6 Å². The lowest BCUT2D eigenvalue weighted by atomic mass is 10.1. The molecule has 110 valence electrons. The van der Waals surface area contributed by atoms with Crippen LogP contribution in [0.2, 0.25) is 0 Å². The molecule has 1 aliphatic rings. The van der Waals surface area contributed by atoms with E-state index in [4.69, 9.17) is 0 Å². The predicted molar refractivity (Wildman–Crippen MR) is 83.2 cm³/mol. The number of unbranched alkanes of at least 4 members (excludes halogenated alkanes) is 4. The Hall–Kier alpha value is -1.38. The fourth-order valence-electron chi connectivity index (χ4n) is 2.67. The highest BCUT2D eigenvalue weighted by Gasteiger charge is 2.16. The Labute approximate surface area is 122 Å². The van der Waals surface area contributed by atoms with Crippen molar-refractivity contribution in [1.82, 2.24) is 4.98 Å². The number of Topliss-reactive ketones (excluding diaryl/α,β-unsaturated/α-hetero) is 1. The Morgan fingerprint density at radius 2 is 1.85 bits per heavy atom. The molecule has 0 atom stereocenters. The van der Waals surface area contributed by atoms with Crippen LogP contribution in [0.25, 0.3) is 0 Å². The zero-order valence-electron chi connectivity index (χ0n) is 12.6. The Balaban J connectivity index is 1.76. The van der Waals surface area contributed by atoms with E-state index in [2.05, 4.69) is 28.9 Å². The quantitative estimate of drug-likeness (QED) is 0.710. The molecule has 0 radical (unpaired) electrons. The number of rotatable bonds is 7. The van der Waals surface area contributed by atoms with Crippen LogP contribution in [0.3, 0.4) is 0 Å². The van der Waals surface area contributed by atoms with Gasteiger partial charge >= 0.3 is 0 Å². The highest BCUT2D eigenvalue weighted by atomic mass is 16.1. The first-order valence-electron chi connectivity index (χ1n) is 8.01. The lowest BCUT2D eigenvalue weighted by Gasteiger charge is -2.27. The van der Waals surface area contributed by atoms with Gasteiger partial charge in [0.1, 0.15) is 11.6 Å². The van der Waals surface area contributed by atoms with Gasteiger partial charge in [-0.1, -0.05) is 38.7 Å². The Morgan fingerprint density at radius 1 is 1.10 bits per heavy atom. The van der Waals surface area contributed by atoms with Gasteiger partial charge in [0, 0.05) is 32.1 Å². The molecule has 1 aromatic rings. The number of pyridine rings is 1. The third-order valence-electron chi connectivity index (χ3n) is 4.02. The molecule has 1 saturated heterocycles. The number of hydrogen-bond acceptors (Lipinski definition) is 3. The first kappa shape index (κ1) is 15.0. The minimum atomic E-state index is 0.380. The molecule has 1 fully saturated rings. The summed E-state index contributed by atoms with van der Waals surface area (Å²) in [7, 11) is 0. The summed E-state index contributed by atoms with van der Waals surface area (Å²) in [6.07, 6.45) is 11.1. The third kappa shape index (κ3) is 4.62. The molecular formula is C17H26N2O. The van der Waals surface area contributed by atoms with Crippen molar-refractivity contribution in [2.24, 2.45) is 0 Å². The highest BCUT2D eigenvalue weighted by Crippen LogP contribution is 2.17. The van der Waals surface area contributed by atoms with Crippen LogP contribution in [0.5, 0.6) is 0 Å². The molecule has 0 aromatic carbocycles. The van der Waals surface area contributed by atoms with Crippen LogP contribution < -0.4 is 4.90 Å². The number of anilines is 1. The van der Waals surface area contributed by atoms with Crippen molar-refractivity contribution < 1.29 is 4.79 Å². The minimum absolute atomic E-state index is 0.380. The largest absolute Gasteiger partial charge is 0.356 e. The fraction of sp³-hybridized carbons (Fsp3) is 0.647. The third-order valence-corrected chi connectivity index (χ3v) is 4.02. The van der Waals surface area contributed by atoms with Crippen molar-refractivity contribution in [1.29, 1.82) is 0 Å². The standard InChI is InChI=1S/C17H26N2O/c1-2-3-4-5-6-7-15-8-9-17(18-14-15)19-12-10-16(20)11-13-19/h8-9,14H,2-7,10-13H2,1H3. The topological polar surface area (TPSA) is 33.2 Å². The molecule has 2 rings (SSSR count). The van der Waals surface area contributed by atoms with E-state index < -0.39 is 0 Å². The van der Waals surface area contributed by atoms with Crippen molar-refractivity contribution >= 4 is 11.6 Å². The van der Waals surface area contributed by atoms with Gasteiger partial charge in [-0.05, 0) is 24.5 Å². The molecule has 2 heterocycles. The number of ketones is 1. The van der Waals surface area contributed by atoms with E-state index in [9.17, 15) is 4.79 Å². The van der Waals surface area contributed by atoms with Crippen LogP contribution >= 0.6 is 0 Å². The van der Waals surface area contributed by atoms with Crippen molar-refractivity contribution in [2.75, 3.05) is 18.0 Å². The van der Waals surface area contributed by atoms with Gasteiger partial charge in [-0.3, -0.25) is 4.79 Å². The summed E-state index contributed by atoms with van der Waals surface area (Å²) in [5, 5.41) is 0. The summed E-state index contributed by atoms with van der Waals surface area (Å²) in [4.78, 5) is 18.0. The monoisotopic (exact) mass is 274 g/mol. The van der Waals surface area contributed by atoms with Gasteiger partial charge < -0.3 is 4.90 Å². The lowest BCUT2D eigenvalue weighted by molar-refractivity contribution is -0.119. The van der Waals surface area contributed by atoms with Crippen molar-refractivity contribution in [3.63, 3.8) is 0 Å². The number of carbonyl (C=O) groups is 1. The summed E-state index contributed by atoms with van der Waals surface area (Å²) >= 11 is 0. The van der Waals surface area contributed by atoms with E-state index in [1.807, 2.05) is 6.20 Å². The van der Waals surface area contributed by atoms with E-state index in [0.717, 1.165) is 25.3 Å². The maximum Gasteiger partial charge on any atom is 0.136 e. The molecule has 1 aliphatic heterocycles. The average molecular weight is 274 g/mol. The van der Waals surface area contributed by atoms with Gasteiger partial charge in [-0.25, -0.2) is 4.98 Å².